The predicted octanol–water partition coefficient (Wildman–Crippen LogP) is 0.806. The summed E-state index contributed by atoms with van der Waals surface area (Å²) in [5.41, 5.74) is 0.00162. The summed E-state index contributed by atoms with van der Waals surface area (Å²) in [6.45, 7) is 0.149. The molecule has 0 atom stereocenters. The first-order valence-electron chi connectivity index (χ1n) is 2.83. The van der Waals surface area contributed by atoms with E-state index >= 15 is 0 Å². The van der Waals surface area contributed by atoms with Crippen molar-refractivity contribution in [3.05, 3.63) is 23.7 Å². The highest BCUT2D eigenvalue weighted by Gasteiger charge is 2.03. The minimum absolute atomic E-state index is 0.00162. The number of allylic oxidation sites excluding steroid dienone is 2. The monoisotopic (exact) mass is 148 g/mol. The van der Waals surface area contributed by atoms with E-state index in [0.717, 1.165) is 0 Å². The lowest BCUT2D eigenvalue weighted by Crippen LogP contribution is -1.83. The van der Waals surface area contributed by atoms with Gasteiger partial charge in [-0.25, -0.2) is 0 Å². The van der Waals surface area contributed by atoms with Gasteiger partial charge in [0.1, 0.15) is 24.0 Å². The molecule has 0 saturated heterocycles. The van der Waals surface area contributed by atoms with Crippen LogP contribution < -0.4 is 0 Å². The Kier molecular flexibility index (Phi) is 2.14. The molecule has 0 fully saturated rings. The normalized spacial score (nSPS) is 13.1. The van der Waals surface area contributed by atoms with Gasteiger partial charge in [-0.15, -0.1) is 0 Å². The maximum atomic E-state index is 8.32. The Labute approximate surface area is 63.6 Å². The standard InChI is InChI=1S/C7H4N2O2/c8-2-6(3-9)1-7-4-10-5-11-7/h1,4H,5H2. The number of hydrogen-bond acceptors (Lipinski definition) is 4. The smallest absolute Gasteiger partial charge is 0.230 e. The number of ether oxygens (including phenoxy) is 2. The molecule has 0 bridgehead atoms. The van der Waals surface area contributed by atoms with E-state index in [1.54, 1.807) is 12.1 Å². The fourth-order valence-electron chi connectivity index (χ4n) is 0.560. The van der Waals surface area contributed by atoms with Gasteiger partial charge in [0, 0.05) is 6.08 Å². The van der Waals surface area contributed by atoms with E-state index in [1.807, 2.05) is 0 Å². The second-order valence-corrected chi connectivity index (χ2v) is 1.73. The van der Waals surface area contributed by atoms with Crippen LogP contribution in [0.3, 0.4) is 0 Å². The first-order valence-corrected chi connectivity index (χ1v) is 2.83. The summed E-state index contributed by atoms with van der Waals surface area (Å²) in [4.78, 5) is 0. The summed E-state index contributed by atoms with van der Waals surface area (Å²) in [6, 6.07) is 3.40. The Balaban J connectivity index is 2.73. The molecule has 0 spiro atoms. The van der Waals surface area contributed by atoms with Crippen molar-refractivity contribution in [2.45, 2.75) is 0 Å². The molecule has 0 saturated carbocycles. The van der Waals surface area contributed by atoms with Crippen molar-refractivity contribution in [1.82, 2.24) is 0 Å². The van der Waals surface area contributed by atoms with Crippen LogP contribution in [0.4, 0.5) is 0 Å². The molecular weight excluding hydrogens is 144 g/mol. The molecule has 1 aliphatic heterocycles. The van der Waals surface area contributed by atoms with Gasteiger partial charge in [-0.1, -0.05) is 0 Å². The van der Waals surface area contributed by atoms with Gasteiger partial charge in [0.15, 0.2) is 5.76 Å². The molecule has 1 aliphatic rings. The van der Waals surface area contributed by atoms with Gasteiger partial charge in [0.2, 0.25) is 6.79 Å². The fraction of sp³-hybridized carbons (Fsp3) is 0.143. The molecule has 0 unspecified atom stereocenters. The van der Waals surface area contributed by atoms with Gasteiger partial charge in [-0.3, -0.25) is 0 Å². The quantitative estimate of drug-likeness (QED) is 0.516. The van der Waals surface area contributed by atoms with E-state index in [9.17, 15) is 0 Å². The van der Waals surface area contributed by atoms with Crippen LogP contribution >= 0.6 is 0 Å². The SMILES string of the molecule is N#CC(C#N)=CC1=COCO1. The van der Waals surface area contributed by atoms with E-state index in [0.29, 0.717) is 5.76 Å². The molecule has 4 heteroatoms. The minimum atomic E-state index is 0.00162. The van der Waals surface area contributed by atoms with Crippen LogP contribution in [-0.4, -0.2) is 6.79 Å². The average molecular weight is 148 g/mol. The lowest BCUT2D eigenvalue weighted by atomic mass is 10.3. The molecule has 11 heavy (non-hydrogen) atoms. The highest BCUT2D eigenvalue weighted by molar-refractivity contribution is 5.39. The van der Waals surface area contributed by atoms with E-state index < -0.39 is 0 Å². The summed E-state index contributed by atoms with van der Waals surface area (Å²) in [6.07, 6.45) is 2.68. The third kappa shape index (κ3) is 1.74. The fourth-order valence-corrected chi connectivity index (χ4v) is 0.560. The van der Waals surface area contributed by atoms with Crippen molar-refractivity contribution >= 4 is 0 Å². The number of nitrogens with zero attached hydrogens (tertiary/aromatic N) is 2. The first-order chi connectivity index (χ1) is 5.36. The Hall–Kier alpha value is -1.94. The van der Waals surface area contributed by atoms with Crippen LogP contribution in [0.1, 0.15) is 0 Å². The highest BCUT2D eigenvalue weighted by Crippen LogP contribution is 2.09. The lowest BCUT2D eigenvalue weighted by molar-refractivity contribution is 0.0844. The zero-order valence-electron chi connectivity index (χ0n) is 5.57. The Morgan fingerprint density at radius 3 is 2.73 bits per heavy atom. The minimum Gasteiger partial charge on any atom is -0.461 e. The molecule has 0 aromatic carbocycles. The number of rotatable bonds is 1. The molecule has 1 heterocycles. The van der Waals surface area contributed by atoms with Crippen LogP contribution in [0.25, 0.3) is 0 Å². The molecule has 0 N–H and O–H groups in total. The van der Waals surface area contributed by atoms with Gasteiger partial charge in [-0.2, -0.15) is 10.5 Å². The maximum absolute atomic E-state index is 8.32. The van der Waals surface area contributed by atoms with E-state index in [4.69, 9.17) is 20.0 Å². The number of hydrogen-bond donors (Lipinski definition) is 0. The lowest BCUT2D eigenvalue weighted by Gasteiger charge is -1.90. The molecule has 0 radical (unpaired) electrons. The van der Waals surface area contributed by atoms with Crippen LogP contribution in [0.15, 0.2) is 23.7 Å². The summed E-state index contributed by atoms with van der Waals surface area (Å²) in [7, 11) is 0. The van der Waals surface area contributed by atoms with Crippen LogP contribution in [0, 0.1) is 22.7 Å². The largest absolute Gasteiger partial charge is 0.461 e. The third-order valence-electron chi connectivity index (χ3n) is 1.02. The molecule has 0 aliphatic carbocycles. The predicted molar refractivity (Wildman–Crippen MR) is 34.4 cm³/mol. The zero-order valence-corrected chi connectivity index (χ0v) is 5.57. The molecule has 0 amide bonds. The Morgan fingerprint density at radius 2 is 2.27 bits per heavy atom. The third-order valence-corrected chi connectivity index (χ3v) is 1.02. The van der Waals surface area contributed by atoms with Gasteiger partial charge >= 0.3 is 0 Å². The van der Waals surface area contributed by atoms with Crippen molar-refractivity contribution in [3.8, 4) is 12.1 Å². The van der Waals surface area contributed by atoms with Gasteiger partial charge in [0.05, 0.1) is 0 Å². The molecule has 0 aromatic rings. The average Bonchev–Trinajstić information content (AvgIpc) is 2.52. The van der Waals surface area contributed by atoms with Crippen molar-refractivity contribution < 1.29 is 9.47 Å². The van der Waals surface area contributed by atoms with Crippen molar-refractivity contribution in [1.29, 1.82) is 10.5 Å². The van der Waals surface area contributed by atoms with E-state index in [1.165, 1.54) is 12.3 Å². The molecule has 4 nitrogen and oxygen atoms in total. The topological polar surface area (TPSA) is 66.0 Å². The molecule has 1 rings (SSSR count). The van der Waals surface area contributed by atoms with Crippen LogP contribution in [-0.2, 0) is 9.47 Å². The number of nitriles is 2. The summed E-state index contributed by atoms with van der Waals surface area (Å²) < 4.78 is 9.55. The van der Waals surface area contributed by atoms with Crippen LogP contribution in [0.5, 0.6) is 0 Å². The second kappa shape index (κ2) is 3.28. The van der Waals surface area contributed by atoms with E-state index in [-0.39, 0.29) is 12.4 Å². The van der Waals surface area contributed by atoms with Gasteiger partial charge in [0.25, 0.3) is 0 Å². The van der Waals surface area contributed by atoms with Crippen LogP contribution in [0.2, 0.25) is 0 Å². The molecule has 0 aromatic heterocycles. The zero-order chi connectivity index (χ0) is 8.10. The Bertz CT molecular complexity index is 275. The van der Waals surface area contributed by atoms with Crippen molar-refractivity contribution in [2.24, 2.45) is 0 Å². The Morgan fingerprint density at radius 1 is 1.55 bits per heavy atom. The van der Waals surface area contributed by atoms with Crippen molar-refractivity contribution in [2.75, 3.05) is 6.79 Å². The van der Waals surface area contributed by atoms with Gasteiger partial charge in [-0.05, 0) is 0 Å². The molecular formula is C7H4N2O2. The summed E-state index contributed by atoms with van der Waals surface area (Å²) in [5.74, 6) is 0.406. The first kappa shape index (κ1) is 7.17. The maximum Gasteiger partial charge on any atom is 0.230 e. The summed E-state index contributed by atoms with van der Waals surface area (Å²) >= 11 is 0. The second-order valence-electron chi connectivity index (χ2n) is 1.73. The van der Waals surface area contributed by atoms with Gasteiger partial charge < -0.3 is 9.47 Å². The highest BCUT2D eigenvalue weighted by atomic mass is 16.7. The summed E-state index contributed by atoms with van der Waals surface area (Å²) in [5, 5.41) is 16.6. The van der Waals surface area contributed by atoms with Crippen molar-refractivity contribution in [3.63, 3.8) is 0 Å². The molecule has 54 valence electrons. The van der Waals surface area contributed by atoms with E-state index in [2.05, 4.69) is 0 Å².